The second-order valence-electron chi connectivity index (χ2n) is 7.22. The van der Waals surface area contributed by atoms with Gasteiger partial charge in [-0.1, -0.05) is 6.92 Å². The standard InChI is InChI=1S/C19H33N9O.HI/c1-5-16-23-17-9-8-15(13-28(17)26-16)22-19(20-10-7-11-29-6-2)21-12-18-25-24-14(3)27(18)4;/h15H,5-13H2,1-4H3,(H2,20,21,22);1H. The van der Waals surface area contributed by atoms with E-state index in [1.807, 2.05) is 30.1 Å². The molecule has 1 aliphatic heterocycles. The number of rotatable bonds is 9. The van der Waals surface area contributed by atoms with Crippen LogP contribution < -0.4 is 10.6 Å². The minimum absolute atomic E-state index is 0. The molecule has 0 saturated carbocycles. The molecular weight excluding hydrogens is 497 g/mol. The first-order valence-corrected chi connectivity index (χ1v) is 10.5. The molecule has 11 heteroatoms. The fraction of sp³-hybridized carbons (Fsp3) is 0.737. The molecule has 0 radical (unpaired) electrons. The van der Waals surface area contributed by atoms with Crippen LogP contribution in [0.5, 0.6) is 0 Å². The van der Waals surface area contributed by atoms with Gasteiger partial charge in [0.15, 0.2) is 17.6 Å². The van der Waals surface area contributed by atoms with Crippen molar-refractivity contribution >= 4 is 29.9 Å². The van der Waals surface area contributed by atoms with Gasteiger partial charge in [0.1, 0.15) is 18.2 Å². The first-order chi connectivity index (χ1) is 14.1. The summed E-state index contributed by atoms with van der Waals surface area (Å²) in [7, 11) is 1.96. The Labute approximate surface area is 195 Å². The predicted molar refractivity (Wildman–Crippen MR) is 126 cm³/mol. The summed E-state index contributed by atoms with van der Waals surface area (Å²) in [4.78, 5) is 9.34. The van der Waals surface area contributed by atoms with E-state index in [1.54, 1.807) is 0 Å². The summed E-state index contributed by atoms with van der Waals surface area (Å²) in [5, 5.41) is 19.9. The lowest BCUT2D eigenvalue weighted by Crippen LogP contribution is -2.47. The Bertz CT molecular complexity index is 817. The molecule has 2 N–H and O–H groups in total. The molecule has 10 nitrogen and oxygen atoms in total. The van der Waals surface area contributed by atoms with Crippen LogP contribution in [0.15, 0.2) is 4.99 Å². The van der Waals surface area contributed by atoms with E-state index in [1.165, 1.54) is 0 Å². The summed E-state index contributed by atoms with van der Waals surface area (Å²) in [5.74, 6) is 4.50. The van der Waals surface area contributed by atoms with Crippen LogP contribution in [0.25, 0.3) is 0 Å². The van der Waals surface area contributed by atoms with Gasteiger partial charge < -0.3 is 19.9 Å². The summed E-state index contributed by atoms with van der Waals surface area (Å²) in [6, 6.07) is 0.258. The van der Waals surface area contributed by atoms with Crippen molar-refractivity contribution in [3.8, 4) is 0 Å². The van der Waals surface area contributed by atoms with Gasteiger partial charge in [-0.25, -0.2) is 14.7 Å². The van der Waals surface area contributed by atoms with Gasteiger partial charge in [0.25, 0.3) is 0 Å². The zero-order valence-electron chi connectivity index (χ0n) is 18.4. The lowest BCUT2D eigenvalue weighted by atomic mass is 10.1. The van der Waals surface area contributed by atoms with E-state index in [4.69, 9.17) is 9.73 Å². The van der Waals surface area contributed by atoms with E-state index in [0.717, 1.165) is 81.2 Å². The highest BCUT2D eigenvalue weighted by Crippen LogP contribution is 2.13. The summed E-state index contributed by atoms with van der Waals surface area (Å²) in [6.45, 7) is 9.58. The zero-order valence-corrected chi connectivity index (χ0v) is 20.7. The van der Waals surface area contributed by atoms with E-state index in [2.05, 4.69) is 37.8 Å². The maximum atomic E-state index is 5.42. The van der Waals surface area contributed by atoms with Crippen molar-refractivity contribution in [3.63, 3.8) is 0 Å². The Morgan fingerprint density at radius 1 is 1.30 bits per heavy atom. The third-order valence-corrected chi connectivity index (χ3v) is 5.08. The molecule has 1 unspecified atom stereocenters. The molecule has 3 heterocycles. The van der Waals surface area contributed by atoms with Crippen LogP contribution in [0.1, 0.15) is 50.0 Å². The topological polar surface area (TPSA) is 107 Å². The van der Waals surface area contributed by atoms with E-state index in [9.17, 15) is 0 Å². The smallest absolute Gasteiger partial charge is 0.191 e. The highest BCUT2D eigenvalue weighted by molar-refractivity contribution is 14.0. The number of aromatic nitrogens is 6. The fourth-order valence-corrected chi connectivity index (χ4v) is 3.24. The van der Waals surface area contributed by atoms with Crippen LogP contribution in [-0.2, 0) is 37.7 Å². The van der Waals surface area contributed by atoms with E-state index < -0.39 is 0 Å². The van der Waals surface area contributed by atoms with Crippen molar-refractivity contribution < 1.29 is 4.74 Å². The van der Waals surface area contributed by atoms with E-state index >= 15 is 0 Å². The van der Waals surface area contributed by atoms with Crippen LogP contribution >= 0.6 is 24.0 Å². The SMILES string of the molecule is CCOCCCNC(=NCc1nnc(C)n1C)NC1CCc2nc(CC)nn2C1.I. The number of fused-ring (bicyclic) bond motifs is 1. The monoisotopic (exact) mass is 531 g/mol. The second kappa shape index (κ2) is 12.2. The number of guanidine groups is 1. The highest BCUT2D eigenvalue weighted by atomic mass is 127. The Morgan fingerprint density at radius 3 is 2.83 bits per heavy atom. The summed E-state index contributed by atoms with van der Waals surface area (Å²) in [5.41, 5.74) is 0. The van der Waals surface area contributed by atoms with E-state index in [0.29, 0.717) is 6.54 Å². The van der Waals surface area contributed by atoms with Crippen molar-refractivity contribution in [2.75, 3.05) is 19.8 Å². The van der Waals surface area contributed by atoms with Gasteiger partial charge in [-0.15, -0.1) is 34.2 Å². The normalized spacial score (nSPS) is 16.1. The van der Waals surface area contributed by atoms with Gasteiger partial charge >= 0.3 is 0 Å². The van der Waals surface area contributed by atoms with Gasteiger partial charge in [0, 0.05) is 45.7 Å². The molecule has 0 aliphatic carbocycles. The van der Waals surface area contributed by atoms with Crippen LogP contribution in [0.2, 0.25) is 0 Å². The maximum Gasteiger partial charge on any atom is 0.191 e. The molecule has 30 heavy (non-hydrogen) atoms. The van der Waals surface area contributed by atoms with Gasteiger partial charge in [-0.2, -0.15) is 5.10 Å². The molecule has 0 spiro atoms. The molecule has 0 fully saturated rings. The molecule has 168 valence electrons. The minimum Gasteiger partial charge on any atom is -0.382 e. The van der Waals surface area contributed by atoms with Gasteiger partial charge in [0.2, 0.25) is 0 Å². The molecule has 0 bridgehead atoms. The summed E-state index contributed by atoms with van der Waals surface area (Å²) < 4.78 is 9.41. The molecule has 0 amide bonds. The van der Waals surface area contributed by atoms with Gasteiger partial charge in [-0.05, 0) is 26.7 Å². The lowest BCUT2D eigenvalue weighted by Gasteiger charge is -2.25. The Morgan fingerprint density at radius 2 is 2.13 bits per heavy atom. The minimum atomic E-state index is 0. The average Bonchev–Trinajstić information content (AvgIpc) is 3.28. The molecule has 1 aliphatic rings. The van der Waals surface area contributed by atoms with Crippen LogP contribution in [0, 0.1) is 6.92 Å². The molecule has 0 aromatic carbocycles. The lowest BCUT2D eigenvalue weighted by molar-refractivity contribution is 0.145. The molecule has 1 atom stereocenters. The highest BCUT2D eigenvalue weighted by Gasteiger charge is 2.22. The Balaban J connectivity index is 0.00000320. The summed E-state index contributed by atoms with van der Waals surface area (Å²) >= 11 is 0. The number of halogens is 1. The largest absolute Gasteiger partial charge is 0.382 e. The third kappa shape index (κ3) is 6.62. The Kier molecular flexibility index (Phi) is 9.95. The van der Waals surface area contributed by atoms with Crippen molar-refractivity contribution in [1.29, 1.82) is 0 Å². The number of hydrogen-bond donors (Lipinski definition) is 2. The molecule has 2 aromatic heterocycles. The second-order valence-corrected chi connectivity index (χ2v) is 7.22. The average molecular weight is 531 g/mol. The fourth-order valence-electron chi connectivity index (χ4n) is 3.24. The van der Waals surface area contributed by atoms with Crippen molar-refractivity contribution in [1.82, 2.24) is 40.2 Å². The van der Waals surface area contributed by atoms with Gasteiger partial charge in [-0.3, -0.25) is 0 Å². The van der Waals surface area contributed by atoms with Gasteiger partial charge in [0.05, 0.1) is 6.54 Å². The van der Waals surface area contributed by atoms with Crippen molar-refractivity contribution in [2.24, 2.45) is 12.0 Å². The zero-order chi connectivity index (χ0) is 20.6. The Hall–Kier alpha value is -1.76. The molecular formula is C19H34IN9O. The first kappa shape index (κ1) is 24.5. The van der Waals surface area contributed by atoms with Crippen LogP contribution in [-0.4, -0.2) is 61.3 Å². The number of ether oxygens (including phenoxy) is 1. The van der Waals surface area contributed by atoms with Crippen molar-refractivity contribution in [2.45, 2.75) is 65.6 Å². The number of nitrogens with one attached hydrogen (secondary N) is 2. The number of aliphatic imine (C=N–C) groups is 1. The first-order valence-electron chi connectivity index (χ1n) is 10.5. The summed E-state index contributed by atoms with van der Waals surface area (Å²) in [6.07, 6.45) is 3.72. The van der Waals surface area contributed by atoms with Crippen LogP contribution in [0.3, 0.4) is 0 Å². The molecule has 0 saturated heterocycles. The van der Waals surface area contributed by atoms with E-state index in [-0.39, 0.29) is 30.0 Å². The van der Waals surface area contributed by atoms with Crippen molar-refractivity contribution in [3.05, 3.63) is 23.3 Å². The van der Waals surface area contributed by atoms with Crippen LogP contribution in [0.4, 0.5) is 0 Å². The third-order valence-electron chi connectivity index (χ3n) is 5.08. The molecule has 3 rings (SSSR count). The number of nitrogens with zero attached hydrogens (tertiary/aromatic N) is 7. The maximum absolute atomic E-state index is 5.42. The quantitative estimate of drug-likeness (QED) is 0.218. The number of hydrogen-bond acceptors (Lipinski definition) is 6. The number of aryl methyl sites for hydroxylation is 3. The predicted octanol–water partition coefficient (Wildman–Crippen LogP) is 1.37. The molecule has 2 aromatic rings.